The van der Waals surface area contributed by atoms with Crippen molar-refractivity contribution in [2.45, 2.75) is 44.8 Å². The van der Waals surface area contributed by atoms with Gasteiger partial charge >= 0.3 is 0 Å². The van der Waals surface area contributed by atoms with Crippen LogP contribution in [-0.2, 0) is 29.0 Å². The minimum Gasteiger partial charge on any atom is -0.343 e. The molecule has 2 aromatic rings. The van der Waals surface area contributed by atoms with E-state index >= 15 is 0 Å². The Morgan fingerprint density at radius 3 is 2.55 bits per heavy atom. The normalized spacial score (nSPS) is 16.6. The number of carbonyl (C=O) groups is 2. The second-order valence-corrected chi connectivity index (χ2v) is 8.27. The zero-order valence-corrected chi connectivity index (χ0v) is 17.9. The summed E-state index contributed by atoms with van der Waals surface area (Å²) in [5, 5.41) is 9.20. The van der Waals surface area contributed by atoms with Crippen molar-refractivity contribution in [2.75, 3.05) is 17.3 Å². The average Bonchev–Trinajstić information content (AvgIpc) is 2.76. The van der Waals surface area contributed by atoms with Gasteiger partial charge in [-0.3, -0.25) is 9.59 Å². The number of aryl methyl sites for hydroxylation is 1. The number of carbonyl (C=O) groups excluding carboxylic acids is 2. The largest absolute Gasteiger partial charge is 0.343 e. The van der Waals surface area contributed by atoms with E-state index in [1.54, 1.807) is 11.8 Å². The van der Waals surface area contributed by atoms with Gasteiger partial charge in [-0.2, -0.15) is 11.8 Å². The number of nitrogens with one attached hydrogen (secondary N) is 3. The summed E-state index contributed by atoms with van der Waals surface area (Å²) in [7, 11) is 0. The lowest BCUT2D eigenvalue weighted by molar-refractivity contribution is -0.128. The minimum absolute atomic E-state index is 0.123. The molecular formula is C23H29N3O2S. The van der Waals surface area contributed by atoms with Gasteiger partial charge < -0.3 is 16.0 Å². The van der Waals surface area contributed by atoms with E-state index in [0.717, 1.165) is 17.9 Å². The summed E-state index contributed by atoms with van der Waals surface area (Å²) < 4.78 is 0. The number of benzene rings is 2. The Morgan fingerprint density at radius 1 is 1.14 bits per heavy atom. The molecule has 6 heteroatoms. The van der Waals surface area contributed by atoms with Crippen LogP contribution in [0.4, 0.5) is 5.69 Å². The molecule has 154 valence electrons. The number of hydrogen-bond donors (Lipinski definition) is 3. The van der Waals surface area contributed by atoms with Gasteiger partial charge in [-0.1, -0.05) is 43.3 Å². The van der Waals surface area contributed by atoms with Gasteiger partial charge in [0, 0.05) is 12.2 Å². The molecule has 29 heavy (non-hydrogen) atoms. The van der Waals surface area contributed by atoms with Crippen molar-refractivity contribution < 1.29 is 9.59 Å². The van der Waals surface area contributed by atoms with E-state index in [2.05, 4.69) is 35.0 Å². The lowest BCUT2D eigenvalue weighted by Crippen LogP contribution is -2.53. The van der Waals surface area contributed by atoms with E-state index < -0.39 is 6.04 Å². The van der Waals surface area contributed by atoms with E-state index in [0.29, 0.717) is 19.4 Å². The number of hydrogen-bond acceptors (Lipinski definition) is 4. The third-order valence-electron chi connectivity index (χ3n) is 5.27. The van der Waals surface area contributed by atoms with Gasteiger partial charge in [0.1, 0.15) is 6.04 Å². The maximum Gasteiger partial charge on any atom is 0.246 e. The van der Waals surface area contributed by atoms with Gasteiger partial charge in [0.25, 0.3) is 0 Å². The molecule has 0 bridgehead atoms. The van der Waals surface area contributed by atoms with Gasteiger partial charge in [-0.15, -0.1) is 0 Å². The Kier molecular flexibility index (Phi) is 7.72. The first-order valence-electron chi connectivity index (χ1n) is 10.1. The van der Waals surface area contributed by atoms with Gasteiger partial charge in [0.05, 0.1) is 6.04 Å². The molecule has 1 aliphatic heterocycles. The number of amides is 2. The predicted molar refractivity (Wildman–Crippen MR) is 120 cm³/mol. The molecule has 2 atom stereocenters. The van der Waals surface area contributed by atoms with Crippen molar-refractivity contribution >= 4 is 29.3 Å². The molecule has 0 spiro atoms. The summed E-state index contributed by atoms with van der Waals surface area (Å²) in [5.41, 5.74) is 4.38. The van der Waals surface area contributed by atoms with Gasteiger partial charge in [-0.25, -0.2) is 0 Å². The van der Waals surface area contributed by atoms with Crippen LogP contribution in [0, 0.1) is 0 Å². The van der Waals surface area contributed by atoms with E-state index in [4.69, 9.17) is 0 Å². The zero-order chi connectivity index (χ0) is 20.6. The summed E-state index contributed by atoms with van der Waals surface area (Å²) in [6.07, 6.45) is 4.18. The SMILES string of the molecule is CCc1ccc(NC(=O)[C@H](CCSC)NC(=O)[C@@H]2Cc3ccccc3CN2)cc1. The average molecular weight is 412 g/mol. The second kappa shape index (κ2) is 10.5. The maximum absolute atomic E-state index is 12.9. The molecule has 0 unspecified atom stereocenters. The topological polar surface area (TPSA) is 70.2 Å². The molecule has 0 saturated carbocycles. The van der Waals surface area contributed by atoms with E-state index in [-0.39, 0.29) is 17.9 Å². The molecule has 0 radical (unpaired) electrons. The summed E-state index contributed by atoms with van der Waals surface area (Å²) >= 11 is 1.67. The van der Waals surface area contributed by atoms with Crippen molar-refractivity contribution in [1.29, 1.82) is 0 Å². The van der Waals surface area contributed by atoms with Crippen LogP contribution in [0.25, 0.3) is 0 Å². The lowest BCUT2D eigenvalue weighted by atomic mass is 9.95. The molecule has 3 rings (SSSR count). The Labute approximate surface area is 177 Å². The number of thioether (sulfide) groups is 1. The quantitative estimate of drug-likeness (QED) is 0.624. The Balaban J connectivity index is 1.63. The van der Waals surface area contributed by atoms with Crippen molar-refractivity contribution in [1.82, 2.24) is 10.6 Å². The van der Waals surface area contributed by atoms with Crippen LogP contribution in [0.15, 0.2) is 48.5 Å². The van der Waals surface area contributed by atoms with Crippen LogP contribution < -0.4 is 16.0 Å². The molecule has 1 aliphatic rings. The smallest absolute Gasteiger partial charge is 0.246 e. The third-order valence-corrected chi connectivity index (χ3v) is 5.92. The maximum atomic E-state index is 12.9. The van der Waals surface area contributed by atoms with Crippen LogP contribution in [0.5, 0.6) is 0 Å². The van der Waals surface area contributed by atoms with Crippen LogP contribution in [-0.4, -0.2) is 35.9 Å². The highest BCUT2D eigenvalue weighted by Crippen LogP contribution is 2.17. The fraction of sp³-hybridized carbons (Fsp3) is 0.391. The molecule has 0 saturated heterocycles. The molecule has 1 heterocycles. The standard InChI is InChI=1S/C23H29N3O2S/c1-3-16-8-10-19(11-9-16)25-22(27)20(12-13-29-2)26-23(28)21-14-17-6-4-5-7-18(17)15-24-21/h4-11,20-21,24H,3,12-15H2,1-2H3,(H,25,27)(H,26,28)/t20-,21-/m0/s1. The summed E-state index contributed by atoms with van der Waals surface area (Å²) in [4.78, 5) is 25.7. The van der Waals surface area contributed by atoms with Crippen molar-refractivity contribution in [3.05, 3.63) is 65.2 Å². The zero-order valence-electron chi connectivity index (χ0n) is 17.0. The van der Waals surface area contributed by atoms with E-state index in [9.17, 15) is 9.59 Å². The Morgan fingerprint density at radius 2 is 1.86 bits per heavy atom. The highest BCUT2D eigenvalue weighted by atomic mass is 32.2. The summed E-state index contributed by atoms with van der Waals surface area (Å²) in [6, 6.07) is 15.1. The molecule has 2 aromatic carbocycles. The molecule has 5 nitrogen and oxygen atoms in total. The monoisotopic (exact) mass is 411 g/mol. The molecule has 3 N–H and O–H groups in total. The van der Waals surface area contributed by atoms with E-state index in [1.807, 2.05) is 42.7 Å². The van der Waals surface area contributed by atoms with E-state index in [1.165, 1.54) is 16.7 Å². The number of fused-ring (bicyclic) bond motifs is 1. The van der Waals surface area contributed by atoms with Gasteiger partial charge in [-0.05, 0) is 60.1 Å². The minimum atomic E-state index is -0.556. The Bertz CT molecular complexity index is 838. The number of anilines is 1. The Hall–Kier alpha value is -2.31. The van der Waals surface area contributed by atoms with Crippen molar-refractivity contribution in [2.24, 2.45) is 0 Å². The van der Waals surface area contributed by atoms with Crippen molar-refractivity contribution in [3.8, 4) is 0 Å². The molecule has 0 fully saturated rings. The van der Waals surface area contributed by atoms with Crippen LogP contribution in [0.1, 0.15) is 30.0 Å². The van der Waals surface area contributed by atoms with Crippen molar-refractivity contribution in [3.63, 3.8) is 0 Å². The fourth-order valence-corrected chi connectivity index (χ4v) is 3.94. The first-order chi connectivity index (χ1) is 14.1. The fourth-order valence-electron chi connectivity index (χ4n) is 3.47. The molecule has 0 aromatic heterocycles. The van der Waals surface area contributed by atoms with Crippen LogP contribution in [0.2, 0.25) is 0 Å². The molecular weight excluding hydrogens is 382 g/mol. The van der Waals surface area contributed by atoms with Crippen LogP contribution >= 0.6 is 11.8 Å². The highest BCUT2D eigenvalue weighted by Gasteiger charge is 2.28. The third kappa shape index (κ3) is 5.84. The summed E-state index contributed by atoms with van der Waals surface area (Å²) in [5.74, 6) is 0.503. The second-order valence-electron chi connectivity index (χ2n) is 7.29. The lowest BCUT2D eigenvalue weighted by Gasteiger charge is -2.27. The highest BCUT2D eigenvalue weighted by molar-refractivity contribution is 7.98. The first-order valence-corrected chi connectivity index (χ1v) is 11.5. The predicted octanol–water partition coefficient (Wildman–Crippen LogP) is 3.14. The van der Waals surface area contributed by atoms with Gasteiger partial charge in [0.15, 0.2) is 0 Å². The van der Waals surface area contributed by atoms with Gasteiger partial charge in [0.2, 0.25) is 11.8 Å². The first kappa shape index (κ1) is 21.4. The molecule has 0 aliphatic carbocycles. The number of rotatable bonds is 8. The molecule has 2 amide bonds. The van der Waals surface area contributed by atoms with Crippen LogP contribution in [0.3, 0.4) is 0 Å². The summed E-state index contributed by atoms with van der Waals surface area (Å²) in [6.45, 7) is 2.76.